The first-order valence-corrected chi connectivity index (χ1v) is 7.83. The molecule has 0 atom stereocenters. The molecule has 1 aromatic rings. The van der Waals surface area contributed by atoms with Crippen molar-refractivity contribution in [1.29, 1.82) is 0 Å². The largest absolute Gasteiger partial charge is 0.493 e. The van der Waals surface area contributed by atoms with E-state index in [4.69, 9.17) is 9.47 Å². The van der Waals surface area contributed by atoms with Gasteiger partial charge in [-0.1, -0.05) is 26.0 Å². The fourth-order valence-electron chi connectivity index (χ4n) is 1.59. The van der Waals surface area contributed by atoms with Crippen molar-refractivity contribution in [3.8, 4) is 11.5 Å². The van der Waals surface area contributed by atoms with Crippen LogP contribution >= 0.6 is 0 Å². The van der Waals surface area contributed by atoms with E-state index in [2.05, 4.69) is 4.72 Å². The standard InChI is InChI=1S/C13H21NO4S/c1-11(2)10-19(15,16)14-8-9-18-13-7-5-4-6-12(13)17-3/h4-7,11,14H,8-10H2,1-3H3. The van der Waals surface area contributed by atoms with Crippen LogP contribution < -0.4 is 14.2 Å². The lowest BCUT2D eigenvalue weighted by Crippen LogP contribution is -2.31. The Labute approximate surface area is 115 Å². The Balaban J connectivity index is 2.39. The Morgan fingerprint density at radius 3 is 2.42 bits per heavy atom. The zero-order valence-corrected chi connectivity index (χ0v) is 12.4. The summed E-state index contributed by atoms with van der Waals surface area (Å²) in [4.78, 5) is 0. The van der Waals surface area contributed by atoms with Crippen molar-refractivity contribution in [2.24, 2.45) is 5.92 Å². The number of nitrogens with one attached hydrogen (secondary N) is 1. The molecule has 0 saturated heterocycles. The summed E-state index contributed by atoms with van der Waals surface area (Å²) in [5.74, 6) is 1.47. The number of sulfonamides is 1. The number of hydrogen-bond donors (Lipinski definition) is 1. The van der Waals surface area contributed by atoms with Gasteiger partial charge in [0.1, 0.15) is 6.61 Å². The van der Waals surface area contributed by atoms with Gasteiger partial charge in [0.05, 0.1) is 12.9 Å². The second kappa shape index (κ2) is 7.35. The van der Waals surface area contributed by atoms with Crippen LogP contribution in [0.4, 0.5) is 0 Å². The Morgan fingerprint density at radius 1 is 1.21 bits per heavy atom. The van der Waals surface area contributed by atoms with Gasteiger partial charge in [-0.2, -0.15) is 0 Å². The number of rotatable bonds is 8. The van der Waals surface area contributed by atoms with Gasteiger partial charge in [0, 0.05) is 6.54 Å². The van der Waals surface area contributed by atoms with Gasteiger partial charge < -0.3 is 9.47 Å². The molecule has 0 spiro atoms. The molecule has 0 heterocycles. The maximum Gasteiger partial charge on any atom is 0.211 e. The van der Waals surface area contributed by atoms with E-state index in [1.54, 1.807) is 19.2 Å². The van der Waals surface area contributed by atoms with Crippen molar-refractivity contribution in [3.05, 3.63) is 24.3 Å². The summed E-state index contributed by atoms with van der Waals surface area (Å²) in [7, 11) is -1.65. The van der Waals surface area contributed by atoms with Crippen molar-refractivity contribution < 1.29 is 17.9 Å². The second-order valence-corrected chi connectivity index (χ2v) is 6.42. The van der Waals surface area contributed by atoms with Gasteiger partial charge in [-0.15, -0.1) is 0 Å². The molecule has 1 rings (SSSR count). The van der Waals surface area contributed by atoms with Gasteiger partial charge >= 0.3 is 0 Å². The predicted molar refractivity (Wildman–Crippen MR) is 75.1 cm³/mol. The molecule has 0 unspecified atom stereocenters. The monoisotopic (exact) mass is 287 g/mol. The van der Waals surface area contributed by atoms with Gasteiger partial charge in [-0.25, -0.2) is 13.1 Å². The van der Waals surface area contributed by atoms with Crippen molar-refractivity contribution in [2.75, 3.05) is 26.0 Å². The third kappa shape index (κ3) is 5.94. The van der Waals surface area contributed by atoms with E-state index in [9.17, 15) is 8.42 Å². The van der Waals surface area contributed by atoms with E-state index in [0.29, 0.717) is 11.5 Å². The maximum atomic E-state index is 11.6. The van der Waals surface area contributed by atoms with E-state index < -0.39 is 10.0 Å². The third-order valence-electron chi connectivity index (χ3n) is 2.30. The molecule has 5 nitrogen and oxygen atoms in total. The number of benzene rings is 1. The van der Waals surface area contributed by atoms with E-state index in [-0.39, 0.29) is 24.8 Å². The van der Waals surface area contributed by atoms with Crippen LogP contribution in [0.5, 0.6) is 11.5 Å². The fraction of sp³-hybridized carbons (Fsp3) is 0.538. The third-order valence-corrected chi connectivity index (χ3v) is 4.05. The molecule has 1 N–H and O–H groups in total. The van der Waals surface area contributed by atoms with E-state index >= 15 is 0 Å². The molecule has 0 amide bonds. The van der Waals surface area contributed by atoms with Crippen LogP contribution in [0.15, 0.2) is 24.3 Å². The average molecular weight is 287 g/mol. The number of methoxy groups -OCH3 is 1. The summed E-state index contributed by atoms with van der Waals surface area (Å²) >= 11 is 0. The minimum absolute atomic E-state index is 0.104. The van der Waals surface area contributed by atoms with Crippen molar-refractivity contribution >= 4 is 10.0 Å². The van der Waals surface area contributed by atoms with Gasteiger partial charge in [-0.05, 0) is 18.1 Å². The first-order valence-electron chi connectivity index (χ1n) is 6.18. The molecule has 0 fully saturated rings. The van der Waals surface area contributed by atoms with Crippen molar-refractivity contribution in [1.82, 2.24) is 4.72 Å². The van der Waals surface area contributed by atoms with E-state index in [1.807, 2.05) is 26.0 Å². The molecular weight excluding hydrogens is 266 g/mol. The van der Waals surface area contributed by atoms with E-state index in [1.165, 1.54) is 0 Å². The SMILES string of the molecule is COc1ccccc1OCCNS(=O)(=O)CC(C)C. The highest BCUT2D eigenvalue weighted by molar-refractivity contribution is 7.89. The second-order valence-electron chi connectivity index (χ2n) is 4.57. The van der Waals surface area contributed by atoms with Crippen LogP contribution in [0.2, 0.25) is 0 Å². The lowest BCUT2D eigenvalue weighted by Gasteiger charge is -2.11. The van der Waals surface area contributed by atoms with Crippen molar-refractivity contribution in [3.63, 3.8) is 0 Å². The Hall–Kier alpha value is -1.27. The van der Waals surface area contributed by atoms with Gasteiger partial charge in [0.15, 0.2) is 11.5 Å². The lowest BCUT2D eigenvalue weighted by molar-refractivity contribution is 0.298. The highest BCUT2D eigenvalue weighted by Gasteiger charge is 2.12. The smallest absolute Gasteiger partial charge is 0.211 e. The highest BCUT2D eigenvalue weighted by Crippen LogP contribution is 2.25. The van der Waals surface area contributed by atoms with Crippen LogP contribution in [0.1, 0.15) is 13.8 Å². The minimum atomic E-state index is -3.21. The van der Waals surface area contributed by atoms with Crippen LogP contribution in [-0.4, -0.2) is 34.4 Å². The summed E-state index contributed by atoms with van der Waals surface area (Å²) in [6.45, 7) is 4.24. The molecule has 0 aromatic heterocycles. The number of ether oxygens (including phenoxy) is 2. The van der Waals surface area contributed by atoms with Crippen molar-refractivity contribution in [2.45, 2.75) is 13.8 Å². The molecule has 0 aliphatic rings. The molecular formula is C13H21NO4S. The van der Waals surface area contributed by atoms with Gasteiger partial charge in [0.2, 0.25) is 10.0 Å². The Morgan fingerprint density at radius 2 is 1.84 bits per heavy atom. The summed E-state index contributed by atoms with van der Waals surface area (Å²) in [6, 6.07) is 7.25. The van der Waals surface area contributed by atoms with Crippen LogP contribution in [0.25, 0.3) is 0 Å². The van der Waals surface area contributed by atoms with Crippen LogP contribution in [0, 0.1) is 5.92 Å². The lowest BCUT2D eigenvalue weighted by atomic mass is 10.3. The summed E-state index contributed by atoms with van der Waals surface area (Å²) in [5, 5.41) is 0. The number of hydrogen-bond acceptors (Lipinski definition) is 4. The molecule has 0 bridgehead atoms. The maximum absolute atomic E-state index is 11.6. The van der Waals surface area contributed by atoms with Gasteiger partial charge in [0.25, 0.3) is 0 Å². The van der Waals surface area contributed by atoms with Crippen LogP contribution in [0.3, 0.4) is 0 Å². The highest BCUT2D eigenvalue weighted by atomic mass is 32.2. The Bertz CT molecular complexity index is 485. The summed E-state index contributed by atoms with van der Waals surface area (Å²) in [5.41, 5.74) is 0. The topological polar surface area (TPSA) is 64.6 Å². The quantitative estimate of drug-likeness (QED) is 0.738. The summed E-state index contributed by atoms with van der Waals surface area (Å²) < 4.78 is 36.3. The molecule has 0 aliphatic carbocycles. The average Bonchev–Trinajstić information content (AvgIpc) is 2.33. The molecule has 6 heteroatoms. The zero-order chi connectivity index (χ0) is 14.3. The normalized spacial score (nSPS) is 11.6. The predicted octanol–water partition coefficient (Wildman–Crippen LogP) is 1.65. The number of para-hydroxylation sites is 2. The zero-order valence-electron chi connectivity index (χ0n) is 11.5. The summed E-state index contributed by atoms with van der Waals surface area (Å²) in [6.07, 6.45) is 0. The minimum Gasteiger partial charge on any atom is -0.493 e. The first-order chi connectivity index (χ1) is 8.94. The van der Waals surface area contributed by atoms with E-state index in [0.717, 1.165) is 0 Å². The first kappa shape index (κ1) is 15.8. The fourth-order valence-corrected chi connectivity index (χ4v) is 2.98. The molecule has 0 saturated carbocycles. The van der Waals surface area contributed by atoms with Gasteiger partial charge in [-0.3, -0.25) is 0 Å². The van der Waals surface area contributed by atoms with Crippen LogP contribution in [-0.2, 0) is 10.0 Å². The molecule has 19 heavy (non-hydrogen) atoms. The molecule has 0 radical (unpaired) electrons. The molecule has 0 aliphatic heterocycles. The molecule has 1 aromatic carbocycles. The Kier molecular flexibility index (Phi) is 6.11. The molecule has 108 valence electrons.